The highest BCUT2D eigenvalue weighted by Gasteiger charge is 2.20. The second-order valence-corrected chi connectivity index (χ2v) is 5.57. The van der Waals surface area contributed by atoms with E-state index in [2.05, 4.69) is 15.0 Å². The lowest BCUT2D eigenvalue weighted by Gasteiger charge is -2.20. The van der Waals surface area contributed by atoms with E-state index in [1.807, 2.05) is 43.3 Å². The molecule has 6 heteroatoms. The second-order valence-electron chi connectivity index (χ2n) is 5.57. The number of hydrogen-bond acceptors (Lipinski definition) is 5. The number of carbonyl (C=O) groups excluding carboxylic acids is 2. The van der Waals surface area contributed by atoms with Gasteiger partial charge in [0.25, 0.3) is 0 Å². The van der Waals surface area contributed by atoms with Crippen molar-refractivity contribution < 1.29 is 19.1 Å². The van der Waals surface area contributed by atoms with Crippen LogP contribution in [0.15, 0.2) is 54.9 Å². The van der Waals surface area contributed by atoms with Gasteiger partial charge in [-0.25, -0.2) is 4.79 Å². The number of rotatable bonds is 7. The Bertz CT molecular complexity index is 676. The number of alkyl carbamates (subject to hydrolysis) is 1. The SMILES string of the molecule is COC(=O)CC[C@@H](OC(=O)N[C@@H](C)c1ccccc1)c1cccnc1. The lowest BCUT2D eigenvalue weighted by molar-refractivity contribution is -0.141. The highest BCUT2D eigenvalue weighted by Crippen LogP contribution is 2.23. The average molecular weight is 342 g/mol. The van der Waals surface area contributed by atoms with Crippen LogP contribution in [0, 0.1) is 0 Å². The normalized spacial score (nSPS) is 12.7. The molecule has 0 bridgehead atoms. The molecule has 0 saturated heterocycles. The van der Waals surface area contributed by atoms with Gasteiger partial charge in [-0.3, -0.25) is 9.78 Å². The standard InChI is InChI=1S/C19H22N2O4/c1-14(15-7-4-3-5-8-15)21-19(23)25-17(10-11-18(22)24-2)16-9-6-12-20-13-16/h3-9,12-14,17H,10-11H2,1-2H3,(H,21,23)/t14-,17+/m0/s1. The number of nitrogens with one attached hydrogen (secondary N) is 1. The molecule has 1 aromatic heterocycles. The van der Waals surface area contributed by atoms with Gasteiger partial charge in [0, 0.05) is 24.4 Å². The van der Waals surface area contributed by atoms with Gasteiger partial charge >= 0.3 is 12.1 Å². The molecule has 0 spiro atoms. The molecule has 0 saturated carbocycles. The van der Waals surface area contributed by atoms with E-state index in [1.54, 1.807) is 18.5 Å². The number of methoxy groups -OCH3 is 1. The van der Waals surface area contributed by atoms with Crippen LogP contribution in [0.5, 0.6) is 0 Å². The number of esters is 1. The van der Waals surface area contributed by atoms with Crippen LogP contribution in [0.2, 0.25) is 0 Å². The molecule has 0 aliphatic carbocycles. The van der Waals surface area contributed by atoms with Crippen LogP contribution >= 0.6 is 0 Å². The zero-order chi connectivity index (χ0) is 18.1. The lowest BCUT2D eigenvalue weighted by Crippen LogP contribution is -2.29. The minimum absolute atomic E-state index is 0.150. The topological polar surface area (TPSA) is 77.5 Å². The van der Waals surface area contributed by atoms with Crippen LogP contribution in [0.3, 0.4) is 0 Å². The van der Waals surface area contributed by atoms with Crippen LogP contribution in [0.25, 0.3) is 0 Å². The van der Waals surface area contributed by atoms with Crippen molar-refractivity contribution in [2.75, 3.05) is 7.11 Å². The van der Waals surface area contributed by atoms with Crippen LogP contribution in [-0.2, 0) is 14.3 Å². The van der Waals surface area contributed by atoms with Crippen LogP contribution in [-0.4, -0.2) is 24.2 Å². The van der Waals surface area contributed by atoms with E-state index in [-0.39, 0.29) is 18.4 Å². The van der Waals surface area contributed by atoms with Gasteiger partial charge in [0.15, 0.2) is 0 Å². The summed E-state index contributed by atoms with van der Waals surface area (Å²) < 4.78 is 10.2. The Morgan fingerprint density at radius 3 is 2.48 bits per heavy atom. The van der Waals surface area contributed by atoms with Crippen molar-refractivity contribution in [3.05, 3.63) is 66.0 Å². The summed E-state index contributed by atoms with van der Waals surface area (Å²) in [5, 5.41) is 2.80. The minimum atomic E-state index is -0.573. The van der Waals surface area contributed by atoms with Gasteiger partial charge in [0.1, 0.15) is 6.10 Å². The van der Waals surface area contributed by atoms with Crippen molar-refractivity contribution in [2.24, 2.45) is 0 Å². The molecule has 2 aromatic rings. The number of aromatic nitrogens is 1. The maximum atomic E-state index is 12.3. The van der Waals surface area contributed by atoms with Crippen LogP contribution in [0.1, 0.15) is 43.0 Å². The fourth-order valence-corrected chi connectivity index (χ4v) is 2.38. The van der Waals surface area contributed by atoms with E-state index in [4.69, 9.17) is 4.74 Å². The highest BCUT2D eigenvalue weighted by atomic mass is 16.6. The first-order chi connectivity index (χ1) is 12.1. The Balaban J connectivity index is 2.00. The van der Waals surface area contributed by atoms with Gasteiger partial charge < -0.3 is 14.8 Å². The van der Waals surface area contributed by atoms with Crippen molar-refractivity contribution in [1.82, 2.24) is 10.3 Å². The molecule has 1 aromatic carbocycles. The molecule has 25 heavy (non-hydrogen) atoms. The third-order valence-electron chi connectivity index (χ3n) is 3.78. The highest BCUT2D eigenvalue weighted by molar-refractivity contribution is 5.70. The molecule has 0 aliphatic heterocycles. The first-order valence-corrected chi connectivity index (χ1v) is 8.09. The lowest BCUT2D eigenvalue weighted by atomic mass is 10.1. The number of nitrogens with zero attached hydrogens (tertiary/aromatic N) is 1. The smallest absolute Gasteiger partial charge is 0.408 e. The second kappa shape index (κ2) is 9.42. The Morgan fingerprint density at radius 1 is 1.12 bits per heavy atom. The molecule has 0 aliphatic rings. The summed E-state index contributed by atoms with van der Waals surface area (Å²) in [5.74, 6) is -0.351. The largest absolute Gasteiger partial charge is 0.469 e. The maximum Gasteiger partial charge on any atom is 0.408 e. The average Bonchev–Trinajstić information content (AvgIpc) is 2.66. The Kier molecular flexibility index (Phi) is 6.95. The molecule has 1 heterocycles. The first-order valence-electron chi connectivity index (χ1n) is 8.09. The summed E-state index contributed by atoms with van der Waals surface area (Å²) in [4.78, 5) is 27.7. The third kappa shape index (κ3) is 5.91. The van der Waals surface area contributed by atoms with Crippen molar-refractivity contribution in [2.45, 2.75) is 31.9 Å². The van der Waals surface area contributed by atoms with E-state index in [0.717, 1.165) is 11.1 Å². The molecular weight excluding hydrogens is 320 g/mol. The number of carbonyl (C=O) groups is 2. The molecule has 1 N–H and O–H groups in total. The quantitative estimate of drug-likeness (QED) is 0.779. The van der Waals surface area contributed by atoms with Gasteiger partial charge in [-0.1, -0.05) is 36.4 Å². The summed E-state index contributed by atoms with van der Waals surface area (Å²) in [6.45, 7) is 1.88. The summed E-state index contributed by atoms with van der Waals surface area (Å²) in [7, 11) is 1.33. The van der Waals surface area contributed by atoms with Gasteiger partial charge in [0.2, 0.25) is 0 Å². The number of amides is 1. The third-order valence-corrected chi connectivity index (χ3v) is 3.78. The molecule has 0 radical (unpaired) electrons. The van der Waals surface area contributed by atoms with E-state index in [0.29, 0.717) is 6.42 Å². The molecule has 1 amide bonds. The monoisotopic (exact) mass is 342 g/mol. The van der Waals surface area contributed by atoms with Gasteiger partial charge in [0.05, 0.1) is 13.2 Å². The van der Waals surface area contributed by atoms with Crippen LogP contribution in [0.4, 0.5) is 4.79 Å². The predicted octanol–water partition coefficient (Wildman–Crippen LogP) is 3.56. The Morgan fingerprint density at radius 2 is 1.84 bits per heavy atom. The number of ether oxygens (including phenoxy) is 2. The zero-order valence-electron chi connectivity index (χ0n) is 14.3. The van der Waals surface area contributed by atoms with E-state index in [9.17, 15) is 9.59 Å². The van der Waals surface area contributed by atoms with Crippen LogP contribution < -0.4 is 5.32 Å². The molecule has 0 unspecified atom stereocenters. The minimum Gasteiger partial charge on any atom is -0.469 e. The van der Waals surface area contributed by atoms with E-state index < -0.39 is 12.2 Å². The van der Waals surface area contributed by atoms with Gasteiger partial charge in [-0.15, -0.1) is 0 Å². The van der Waals surface area contributed by atoms with Gasteiger partial charge in [-0.2, -0.15) is 0 Å². The Labute approximate surface area is 147 Å². The fraction of sp³-hybridized carbons (Fsp3) is 0.316. The molecule has 2 atom stereocenters. The fourth-order valence-electron chi connectivity index (χ4n) is 2.38. The van der Waals surface area contributed by atoms with Crippen molar-refractivity contribution in [1.29, 1.82) is 0 Å². The first kappa shape index (κ1) is 18.4. The summed E-state index contributed by atoms with van der Waals surface area (Å²) in [5.41, 5.74) is 1.71. The van der Waals surface area contributed by atoms with Crippen molar-refractivity contribution in [3.63, 3.8) is 0 Å². The number of hydrogen-bond donors (Lipinski definition) is 1. The molecule has 2 rings (SSSR count). The van der Waals surface area contributed by atoms with Crippen molar-refractivity contribution >= 4 is 12.1 Å². The summed E-state index contributed by atoms with van der Waals surface area (Å²) in [6, 6.07) is 13.0. The van der Waals surface area contributed by atoms with Crippen molar-refractivity contribution in [3.8, 4) is 0 Å². The summed E-state index contributed by atoms with van der Waals surface area (Å²) in [6.07, 6.45) is 2.61. The summed E-state index contributed by atoms with van der Waals surface area (Å²) >= 11 is 0. The predicted molar refractivity (Wildman–Crippen MR) is 92.7 cm³/mol. The van der Waals surface area contributed by atoms with Gasteiger partial charge in [-0.05, 0) is 25.0 Å². The number of benzene rings is 1. The van der Waals surface area contributed by atoms with E-state index in [1.165, 1.54) is 7.11 Å². The zero-order valence-corrected chi connectivity index (χ0v) is 14.3. The molecule has 0 fully saturated rings. The Hall–Kier alpha value is -2.89. The molecule has 132 valence electrons. The van der Waals surface area contributed by atoms with E-state index >= 15 is 0 Å². The maximum absolute atomic E-state index is 12.3. The number of pyridine rings is 1. The molecular formula is C19H22N2O4. The molecule has 6 nitrogen and oxygen atoms in total.